The molecule has 6 rings (SSSR count). The van der Waals surface area contributed by atoms with E-state index in [-0.39, 0.29) is 16.1 Å². The van der Waals surface area contributed by atoms with Crippen LogP contribution in [-0.4, -0.2) is 33.5 Å². The normalized spacial score (nSPS) is 34.4. The Hall–Kier alpha value is -2.05. The van der Waals surface area contributed by atoms with Gasteiger partial charge in [-0.1, -0.05) is 59.6 Å². The highest BCUT2D eigenvalue weighted by Gasteiger charge is 2.67. The van der Waals surface area contributed by atoms with Crippen LogP contribution in [0.5, 0.6) is 0 Å². The molecule has 0 N–H and O–H groups in total. The molecule has 2 aromatic carbocycles. The first-order valence-electron chi connectivity index (χ1n) is 10.8. The van der Waals surface area contributed by atoms with Gasteiger partial charge in [0.2, 0.25) is 0 Å². The fourth-order valence-corrected chi connectivity index (χ4v) is 7.31. The smallest absolute Gasteiger partial charge is 0.269 e. The number of hydrogen-bond acceptors (Lipinski definition) is 4. The number of non-ortho nitro benzene ring substituents is 1. The first-order valence-corrected chi connectivity index (χ1v) is 11.7. The molecule has 4 aliphatic rings. The molecule has 6 heteroatoms. The number of halogens is 1. The van der Waals surface area contributed by atoms with E-state index in [4.69, 9.17) is 4.99 Å². The Balaban J connectivity index is 1.60. The molecule has 0 spiro atoms. The topological polar surface area (TPSA) is 58.7 Å². The third-order valence-electron chi connectivity index (χ3n) is 7.34. The summed E-state index contributed by atoms with van der Waals surface area (Å²) in [7, 11) is 0. The van der Waals surface area contributed by atoms with Crippen LogP contribution in [0, 0.1) is 27.9 Å². The van der Waals surface area contributed by atoms with E-state index in [1.807, 2.05) is 12.1 Å². The van der Waals surface area contributed by atoms with E-state index in [2.05, 4.69) is 64.3 Å². The van der Waals surface area contributed by atoms with Gasteiger partial charge in [0, 0.05) is 54.1 Å². The summed E-state index contributed by atoms with van der Waals surface area (Å²) in [5.74, 6) is 1.32. The lowest BCUT2D eigenvalue weighted by molar-refractivity contribution is -0.384. The predicted molar refractivity (Wildman–Crippen MR) is 122 cm³/mol. The summed E-state index contributed by atoms with van der Waals surface area (Å²) in [6.07, 6.45) is 4.49. The van der Waals surface area contributed by atoms with Gasteiger partial charge in [0.05, 0.1) is 4.92 Å². The second-order valence-corrected chi connectivity index (χ2v) is 9.91. The molecule has 3 heterocycles. The zero-order valence-electron chi connectivity index (χ0n) is 17.0. The Morgan fingerprint density at radius 3 is 2.60 bits per heavy atom. The monoisotopic (exact) mass is 467 g/mol. The number of rotatable bonds is 6. The van der Waals surface area contributed by atoms with Crippen molar-refractivity contribution < 1.29 is 4.92 Å². The number of hydrogen-bond donors (Lipinski definition) is 0. The van der Waals surface area contributed by atoms with Crippen molar-refractivity contribution in [3.05, 3.63) is 75.8 Å². The minimum Gasteiger partial charge on any atom is -0.293 e. The summed E-state index contributed by atoms with van der Waals surface area (Å²) in [5.41, 5.74) is 2.23. The summed E-state index contributed by atoms with van der Waals surface area (Å²) < 4.78 is 0. The van der Waals surface area contributed by atoms with Gasteiger partial charge in [-0.05, 0) is 35.6 Å². The molecule has 4 bridgehead atoms. The van der Waals surface area contributed by atoms with Gasteiger partial charge in [-0.15, -0.1) is 0 Å². The average Bonchev–Trinajstić information content (AvgIpc) is 3.06. The first-order chi connectivity index (χ1) is 14.6. The van der Waals surface area contributed by atoms with Gasteiger partial charge in [-0.3, -0.25) is 20.0 Å². The minimum absolute atomic E-state index is 0.137. The fourth-order valence-electron chi connectivity index (χ4n) is 6.21. The Kier molecular flexibility index (Phi) is 5.02. The largest absolute Gasteiger partial charge is 0.293 e. The molecule has 5 nitrogen and oxygen atoms in total. The molecule has 0 amide bonds. The van der Waals surface area contributed by atoms with Gasteiger partial charge in [0.25, 0.3) is 5.69 Å². The van der Waals surface area contributed by atoms with Gasteiger partial charge in [-0.25, -0.2) is 0 Å². The minimum atomic E-state index is -0.341. The summed E-state index contributed by atoms with van der Waals surface area (Å²) in [4.78, 5) is 19.1. The van der Waals surface area contributed by atoms with Gasteiger partial charge in [-0.2, -0.15) is 0 Å². The molecule has 2 fully saturated rings. The van der Waals surface area contributed by atoms with Crippen LogP contribution in [0.1, 0.15) is 30.9 Å². The lowest BCUT2D eigenvalue weighted by Crippen LogP contribution is -2.61. The number of nitrogens with zero attached hydrogens (tertiary/aromatic N) is 3. The first kappa shape index (κ1) is 19.9. The maximum Gasteiger partial charge on any atom is 0.269 e. The van der Waals surface area contributed by atoms with Crippen molar-refractivity contribution in [3.8, 4) is 0 Å². The number of benzene rings is 2. The second kappa shape index (κ2) is 7.57. The zero-order valence-corrected chi connectivity index (χ0v) is 18.6. The molecule has 1 saturated carbocycles. The van der Waals surface area contributed by atoms with E-state index < -0.39 is 0 Å². The van der Waals surface area contributed by atoms with Crippen LogP contribution < -0.4 is 0 Å². The highest BCUT2D eigenvalue weighted by molar-refractivity contribution is 9.09. The SMILES string of the molecule is CCC[C@@H]1[C@@H]2C=N[C@@]3(c4ccc([N+](=O)[O-])cc4)[C@H](CN(Cc4ccccc4)[C@@H]13)[C@H]2Br. The van der Waals surface area contributed by atoms with E-state index in [0.717, 1.165) is 31.5 Å². The quantitative estimate of drug-likeness (QED) is 0.333. The standard InChI is InChI=1S/C24H26BrN3O2/c1-2-6-19-20-13-26-24(17-9-11-18(12-10-17)28(29)30)21(22(20)25)15-27(23(19)24)14-16-7-4-3-5-8-16/h3-5,7-13,19-23H,2,6,14-15H2,1H3/t19-,20+,21-,22+,23+,24+/m1/s1. The highest BCUT2D eigenvalue weighted by Crippen LogP contribution is 2.61. The molecular formula is C24H26BrN3O2. The Morgan fingerprint density at radius 1 is 1.20 bits per heavy atom. The third-order valence-corrected chi connectivity index (χ3v) is 8.59. The van der Waals surface area contributed by atoms with Crippen LogP contribution in [-0.2, 0) is 12.1 Å². The molecule has 0 radical (unpaired) electrons. The van der Waals surface area contributed by atoms with Crippen LogP contribution in [0.25, 0.3) is 0 Å². The lowest BCUT2D eigenvalue weighted by atomic mass is 9.58. The molecule has 6 atom stereocenters. The molecule has 1 aliphatic carbocycles. The van der Waals surface area contributed by atoms with Gasteiger partial charge in [0.15, 0.2) is 0 Å². The van der Waals surface area contributed by atoms with Crippen LogP contribution in [0.4, 0.5) is 5.69 Å². The second-order valence-electron chi connectivity index (χ2n) is 8.85. The van der Waals surface area contributed by atoms with E-state index in [1.165, 1.54) is 5.56 Å². The molecule has 156 valence electrons. The highest BCUT2D eigenvalue weighted by atomic mass is 79.9. The van der Waals surface area contributed by atoms with Crippen molar-refractivity contribution in [1.29, 1.82) is 0 Å². The van der Waals surface area contributed by atoms with Crippen LogP contribution in [0.2, 0.25) is 0 Å². The molecule has 1 saturated heterocycles. The molecule has 30 heavy (non-hydrogen) atoms. The predicted octanol–water partition coefficient (Wildman–Crippen LogP) is 5.18. The summed E-state index contributed by atoms with van der Waals surface area (Å²) in [5, 5.41) is 11.2. The molecule has 2 aromatic rings. The van der Waals surface area contributed by atoms with Crippen molar-refractivity contribution in [1.82, 2.24) is 4.90 Å². The van der Waals surface area contributed by atoms with Crippen LogP contribution in [0.15, 0.2) is 59.6 Å². The van der Waals surface area contributed by atoms with E-state index >= 15 is 0 Å². The number of aliphatic imine (C=N–C) groups is 1. The number of nitro groups is 1. The molecule has 0 unspecified atom stereocenters. The number of nitro benzene ring substituents is 1. The number of likely N-dealkylation sites (tertiary alicyclic amines) is 1. The molecule has 3 aliphatic heterocycles. The van der Waals surface area contributed by atoms with Gasteiger partial charge < -0.3 is 0 Å². The van der Waals surface area contributed by atoms with Crippen molar-refractivity contribution in [2.75, 3.05) is 6.54 Å². The summed E-state index contributed by atoms with van der Waals surface area (Å²) in [6.45, 7) is 4.16. The zero-order chi connectivity index (χ0) is 20.9. The van der Waals surface area contributed by atoms with Crippen molar-refractivity contribution in [2.45, 2.75) is 42.7 Å². The van der Waals surface area contributed by atoms with Gasteiger partial charge >= 0.3 is 0 Å². The molecular weight excluding hydrogens is 442 g/mol. The molecule has 0 aromatic heterocycles. The maximum absolute atomic E-state index is 11.2. The van der Waals surface area contributed by atoms with Gasteiger partial charge in [0.1, 0.15) is 5.54 Å². The van der Waals surface area contributed by atoms with Crippen molar-refractivity contribution in [3.63, 3.8) is 0 Å². The average molecular weight is 468 g/mol. The third kappa shape index (κ3) is 2.88. The Morgan fingerprint density at radius 2 is 1.93 bits per heavy atom. The van der Waals surface area contributed by atoms with E-state index in [1.54, 1.807) is 12.1 Å². The Labute approximate surface area is 185 Å². The Bertz CT molecular complexity index is 964. The summed E-state index contributed by atoms with van der Waals surface area (Å²) in [6, 6.07) is 18.1. The maximum atomic E-state index is 11.2. The van der Waals surface area contributed by atoms with E-state index in [9.17, 15) is 10.1 Å². The van der Waals surface area contributed by atoms with Crippen molar-refractivity contribution in [2.24, 2.45) is 22.7 Å². The fraction of sp³-hybridized carbons (Fsp3) is 0.458. The lowest BCUT2D eigenvalue weighted by Gasteiger charge is -2.54. The summed E-state index contributed by atoms with van der Waals surface area (Å²) >= 11 is 4.07. The van der Waals surface area contributed by atoms with Crippen LogP contribution >= 0.6 is 15.9 Å². The van der Waals surface area contributed by atoms with Crippen LogP contribution in [0.3, 0.4) is 0 Å². The van der Waals surface area contributed by atoms with Crippen molar-refractivity contribution >= 4 is 27.8 Å². The number of alkyl halides is 1. The van der Waals surface area contributed by atoms with E-state index in [0.29, 0.717) is 28.6 Å².